The van der Waals surface area contributed by atoms with Crippen LogP contribution >= 0.6 is 0 Å². The molecular formula is C16H17N3O6S. The summed E-state index contributed by atoms with van der Waals surface area (Å²) in [6.45, 7) is 0.821. The Balaban J connectivity index is 2.08. The minimum absolute atomic E-state index is 0.107. The Morgan fingerprint density at radius 2 is 1.96 bits per heavy atom. The summed E-state index contributed by atoms with van der Waals surface area (Å²) >= 11 is 0. The van der Waals surface area contributed by atoms with Crippen molar-refractivity contribution in [1.82, 2.24) is 4.90 Å². The first-order chi connectivity index (χ1) is 12.2. The van der Waals surface area contributed by atoms with E-state index in [0.717, 1.165) is 6.07 Å². The quantitative estimate of drug-likeness (QED) is 0.391. The number of rotatable bonds is 5. The van der Waals surface area contributed by atoms with Crippen molar-refractivity contribution in [2.75, 3.05) is 18.4 Å². The number of carboxylic acid groups (broad SMARTS) is 1. The number of nitriles is 1. The number of likely N-dealkylation sites (tertiary alicyclic amines) is 1. The molecule has 1 fully saturated rings. The maximum Gasteiger partial charge on any atom is 0.306 e. The number of benzene rings is 1. The Bertz CT molecular complexity index is 879. The second-order valence-electron chi connectivity index (χ2n) is 5.76. The standard InChI is InChI=1S/C16H17N3O6S/c17-9-12(10-19-6-4-11(5-7-19)16(21)22)15(20)18-13-2-1-3-14(8-13)26(23,24)25/h1-3,8,10-11H,4-7H2,(H,18,20)(H,21,22)(H,23,24,25)/b12-10-. The van der Waals surface area contributed by atoms with Crippen molar-refractivity contribution in [3.63, 3.8) is 0 Å². The normalized spacial score (nSPS) is 16.0. The summed E-state index contributed by atoms with van der Waals surface area (Å²) in [6.07, 6.45) is 2.20. The fourth-order valence-electron chi connectivity index (χ4n) is 2.53. The molecule has 26 heavy (non-hydrogen) atoms. The van der Waals surface area contributed by atoms with E-state index in [9.17, 15) is 23.3 Å². The van der Waals surface area contributed by atoms with Crippen LogP contribution in [-0.4, -0.2) is 47.9 Å². The van der Waals surface area contributed by atoms with Crippen LogP contribution in [0.5, 0.6) is 0 Å². The molecule has 1 aromatic rings. The third-order valence-electron chi connectivity index (χ3n) is 3.95. The van der Waals surface area contributed by atoms with Crippen LogP contribution in [0.15, 0.2) is 40.9 Å². The number of hydrogen-bond donors (Lipinski definition) is 3. The van der Waals surface area contributed by atoms with Gasteiger partial charge in [-0.1, -0.05) is 6.07 Å². The van der Waals surface area contributed by atoms with Crippen LogP contribution in [-0.2, 0) is 19.7 Å². The molecule has 0 unspecified atom stereocenters. The Hall–Kier alpha value is -2.90. The van der Waals surface area contributed by atoms with Crippen molar-refractivity contribution in [3.05, 3.63) is 36.0 Å². The number of carbonyl (C=O) groups is 2. The number of hydrogen-bond acceptors (Lipinski definition) is 6. The number of amides is 1. The minimum Gasteiger partial charge on any atom is -0.481 e. The highest BCUT2D eigenvalue weighted by Gasteiger charge is 2.24. The van der Waals surface area contributed by atoms with Gasteiger partial charge in [0.1, 0.15) is 11.6 Å². The zero-order chi connectivity index (χ0) is 19.3. The van der Waals surface area contributed by atoms with Crippen LogP contribution in [0.3, 0.4) is 0 Å². The highest BCUT2D eigenvalue weighted by atomic mass is 32.2. The third kappa shape index (κ3) is 5.05. The zero-order valence-electron chi connectivity index (χ0n) is 13.6. The Kier molecular flexibility index (Phi) is 5.97. The van der Waals surface area contributed by atoms with E-state index in [1.54, 1.807) is 11.0 Å². The van der Waals surface area contributed by atoms with Gasteiger partial charge in [0, 0.05) is 25.0 Å². The van der Waals surface area contributed by atoms with Gasteiger partial charge in [0.2, 0.25) is 0 Å². The molecule has 0 spiro atoms. The Morgan fingerprint density at radius 3 is 2.50 bits per heavy atom. The van der Waals surface area contributed by atoms with E-state index < -0.39 is 27.9 Å². The molecule has 1 aliphatic rings. The zero-order valence-corrected chi connectivity index (χ0v) is 14.4. The van der Waals surface area contributed by atoms with Crippen LogP contribution in [0.4, 0.5) is 5.69 Å². The first-order valence-electron chi connectivity index (χ1n) is 7.68. The fraction of sp³-hybridized carbons (Fsp3) is 0.312. The third-order valence-corrected chi connectivity index (χ3v) is 4.79. The van der Waals surface area contributed by atoms with Crippen molar-refractivity contribution >= 4 is 27.7 Å². The van der Waals surface area contributed by atoms with Crippen LogP contribution < -0.4 is 5.32 Å². The molecule has 1 amide bonds. The SMILES string of the molecule is N#C/C(=C/N1CCC(C(=O)O)CC1)C(=O)Nc1cccc(S(=O)(=O)O)c1. The maximum atomic E-state index is 12.2. The highest BCUT2D eigenvalue weighted by Crippen LogP contribution is 2.19. The summed E-state index contributed by atoms with van der Waals surface area (Å²) < 4.78 is 31.3. The van der Waals surface area contributed by atoms with Crippen molar-refractivity contribution in [1.29, 1.82) is 5.26 Å². The van der Waals surface area contributed by atoms with Gasteiger partial charge in [0.25, 0.3) is 16.0 Å². The molecule has 0 aromatic heterocycles. The van der Waals surface area contributed by atoms with Crippen LogP contribution in [0.1, 0.15) is 12.8 Å². The maximum absolute atomic E-state index is 12.2. The highest BCUT2D eigenvalue weighted by molar-refractivity contribution is 7.85. The molecular weight excluding hydrogens is 362 g/mol. The molecule has 1 saturated heterocycles. The average molecular weight is 379 g/mol. The predicted octanol–water partition coefficient (Wildman–Crippen LogP) is 1.08. The summed E-state index contributed by atoms with van der Waals surface area (Å²) in [5.41, 5.74) is -0.0908. The molecule has 0 bridgehead atoms. The Morgan fingerprint density at radius 1 is 1.31 bits per heavy atom. The lowest BCUT2D eigenvalue weighted by Gasteiger charge is -2.29. The lowest BCUT2D eigenvalue weighted by Crippen LogP contribution is -2.33. The number of aliphatic carboxylic acids is 1. The molecule has 0 saturated carbocycles. The molecule has 1 aliphatic heterocycles. The topological polar surface area (TPSA) is 148 Å². The molecule has 10 heteroatoms. The van der Waals surface area contributed by atoms with Gasteiger partial charge in [-0.25, -0.2) is 0 Å². The van der Waals surface area contributed by atoms with E-state index in [4.69, 9.17) is 9.66 Å². The summed E-state index contributed by atoms with van der Waals surface area (Å²) in [6, 6.07) is 6.76. The first-order valence-corrected chi connectivity index (χ1v) is 9.12. The van der Waals surface area contributed by atoms with Crippen molar-refractivity contribution in [3.8, 4) is 6.07 Å². The Labute approximate surface area is 150 Å². The number of anilines is 1. The van der Waals surface area contributed by atoms with Crippen molar-refractivity contribution in [2.45, 2.75) is 17.7 Å². The molecule has 1 heterocycles. The summed E-state index contributed by atoms with van der Waals surface area (Å²) in [4.78, 5) is 24.5. The lowest BCUT2D eigenvalue weighted by molar-refractivity contribution is -0.143. The largest absolute Gasteiger partial charge is 0.481 e. The van der Waals surface area contributed by atoms with Gasteiger partial charge >= 0.3 is 5.97 Å². The fourth-order valence-corrected chi connectivity index (χ4v) is 3.06. The van der Waals surface area contributed by atoms with Gasteiger partial charge < -0.3 is 15.3 Å². The number of piperidine rings is 1. The van der Waals surface area contributed by atoms with E-state index in [1.807, 2.05) is 0 Å². The van der Waals surface area contributed by atoms with Crippen LogP contribution in [0, 0.1) is 17.2 Å². The summed E-state index contributed by atoms with van der Waals surface area (Å²) in [5.74, 6) is -2.02. The van der Waals surface area contributed by atoms with Gasteiger partial charge in [-0.15, -0.1) is 0 Å². The monoisotopic (exact) mass is 379 g/mol. The number of carboxylic acids is 1. The van der Waals surface area contributed by atoms with E-state index >= 15 is 0 Å². The molecule has 9 nitrogen and oxygen atoms in total. The van der Waals surface area contributed by atoms with Crippen LogP contribution in [0.25, 0.3) is 0 Å². The van der Waals surface area contributed by atoms with Crippen molar-refractivity contribution in [2.24, 2.45) is 5.92 Å². The summed E-state index contributed by atoms with van der Waals surface area (Å²) in [7, 11) is -4.41. The second-order valence-corrected chi connectivity index (χ2v) is 7.18. The predicted molar refractivity (Wildman–Crippen MR) is 90.5 cm³/mol. The average Bonchev–Trinajstić information content (AvgIpc) is 2.59. The van der Waals surface area contributed by atoms with Crippen LogP contribution in [0.2, 0.25) is 0 Å². The molecule has 138 valence electrons. The molecule has 1 aromatic carbocycles. The van der Waals surface area contributed by atoms with E-state index in [2.05, 4.69) is 5.32 Å². The molecule has 3 N–H and O–H groups in total. The lowest BCUT2D eigenvalue weighted by atomic mass is 9.97. The van der Waals surface area contributed by atoms with E-state index in [0.29, 0.717) is 25.9 Å². The van der Waals surface area contributed by atoms with Crippen molar-refractivity contribution < 1.29 is 27.7 Å². The second kappa shape index (κ2) is 7.99. The number of nitrogens with one attached hydrogen (secondary N) is 1. The summed E-state index contributed by atoms with van der Waals surface area (Å²) in [5, 5.41) is 20.6. The van der Waals surface area contributed by atoms with Gasteiger partial charge in [-0.05, 0) is 31.0 Å². The molecule has 0 atom stereocenters. The van der Waals surface area contributed by atoms with Gasteiger partial charge in [0.15, 0.2) is 0 Å². The molecule has 2 rings (SSSR count). The minimum atomic E-state index is -4.41. The number of nitrogens with zero attached hydrogens (tertiary/aromatic N) is 2. The first kappa shape index (κ1) is 19.4. The van der Waals surface area contributed by atoms with Gasteiger partial charge in [-0.3, -0.25) is 14.1 Å². The van der Waals surface area contributed by atoms with Gasteiger partial charge in [-0.2, -0.15) is 13.7 Å². The van der Waals surface area contributed by atoms with E-state index in [1.165, 1.54) is 24.4 Å². The van der Waals surface area contributed by atoms with E-state index in [-0.39, 0.29) is 16.2 Å². The molecule has 0 radical (unpaired) electrons. The smallest absolute Gasteiger partial charge is 0.306 e. The molecule has 0 aliphatic carbocycles. The number of carbonyl (C=O) groups excluding carboxylic acids is 1. The van der Waals surface area contributed by atoms with Gasteiger partial charge in [0.05, 0.1) is 10.8 Å².